The summed E-state index contributed by atoms with van der Waals surface area (Å²) in [6, 6.07) is 0. The number of allylic oxidation sites excluding steroid dienone is 4. The third-order valence-electron chi connectivity index (χ3n) is 1.93. The van der Waals surface area contributed by atoms with E-state index in [1.165, 1.54) is 0 Å². The fourth-order valence-corrected chi connectivity index (χ4v) is 1.70. The Morgan fingerprint density at radius 3 is 2.73 bits per heavy atom. The predicted molar refractivity (Wildman–Crippen MR) is 52.9 cm³/mol. The van der Waals surface area contributed by atoms with Crippen LogP contribution in [0.15, 0.2) is 21.0 Å². The van der Waals surface area contributed by atoms with Crippen LogP contribution in [0.25, 0.3) is 0 Å². The van der Waals surface area contributed by atoms with Crippen molar-refractivity contribution >= 4 is 34.3 Å². The monoisotopic (exact) mass is 232 g/mol. The van der Waals surface area contributed by atoms with Gasteiger partial charge in [0.25, 0.3) is 0 Å². The van der Waals surface area contributed by atoms with Gasteiger partial charge in [-0.05, 0) is 39.4 Å². The lowest BCUT2D eigenvalue weighted by Gasteiger charge is -2.18. The van der Waals surface area contributed by atoms with Crippen LogP contribution in [0.3, 0.4) is 0 Å². The first-order valence-electron chi connectivity index (χ1n) is 3.35. The molecule has 0 aromatic carbocycles. The maximum Gasteiger partial charge on any atom is 0.193 e. The van der Waals surface area contributed by atoms with Crippen LogP contribution in [0, 0.1) is 5.92 Å². The molecule has 0 radical (unpaired) electrons. The van der Waals surface area contributed by atoms with Crippen LogP contribution in [0.2, 0.25) is 0 Å². The molecule has 1 unspecified atom stereocenters. The lowest BCUT2D eigenvalue weighted by atomic mass is 9.96. The summed E-state index contributed by atoms with van der Waals surface area (Å²) in [5.41, 5.74) is 1.06. The van der Waals surface area contributed by atoms with Gasteiger partial charge in [-0.25, -0.2) is 0 Å². The summed E-state index contributed by atoms with van der Waals surface area (Å²) in [7, 11) is 0. The van der Waals surface area contributed by atoms with Gasteiger partial charge in [0.05, 0.1) is 4.48 Å². The van der Waals surface area contributed by atoms with Gasteiger partial charge >= 0.3 is 0 Å². The first-order chi connectivity index (χ1) is 5.04. The Balaban J connectivity index is 3.08. The predicted octanol–water partition coefficient (Wildman–Crippen LogP) is 2.69. The molecular formula is C8H9BrOS. The summed E-state index contributed by atoms with van der Waals surface area (Å²) < 4.78 is 0.683. The standard InChI is InChI=1S/C8H9BrOS/c1-4-5(2)8(9)6(10)3-7(4)11/h3-4,11H,1-2H3. The average Bonchev–Trinajstić information content (AvgIpc) is 1.97. The summed E-state index contributed by atoms with van der Waals surface area (Å²) in [4.78, 5) is 12.0. The first kappa shape index (κ1) is 9.07. The van der Waals surface area contributed by atoms with Crippen LogP contribution in [0.4, 0.5) is 0 Å². The van der Waals surface area contributed by atoms with Crippen molar-refractivity contribution in [3.8, 4) is 0 Å². The topological polar surface area (TPSA) is 17.1 Å². The molecule has 1 rings (SSSR count). The number of hydrogen-bond acceptors (Lipinski definition) is 2. The van der Waals surface area contributed by atoms with Gasteiger partial charge in [0, 0.05) is 5.92 Å². The van der Waals surface area contributed by atoms with Crippen molar-refractivity contribution in [2.24, 2.45) is 5.92 Å². The van der Waals surface area contributed by atoms with Crippen molar-refractivity contribution in [1.82, 2.24) is 0 Å². The summed E-state index contributed by atoms with van der Waals surface area (Å²) in [5, 5.41) is 0. The van der Waals surface area contributed by atoms with Crippen LogP contribution >= 0.6 is 28.6 Å². The Morgan fingerprint density at radius 1 is 1.64 bits per heavy atom. The van der Waals surface area contributed by atoms with E-state index in [-0.39, 0.29) is 11.7 Å². The van der Waals surface area contributed by atoms with Gasteiger partial charge in [0.15, 0.2) is 5.78 Å². The molecule has 0 bridgehead atoms. The van der Waals surface area contributed by atoms with E-state index < -0.39 is 0 Å². The van der Waals surface area contributed by atoms with Crippen molar-refractivity contribution in [1.29, 1.82) is 0 Å². The number of halogens is 1. The van der Waals surface area contributed by atoms with E-state index in [2.05, 4.69) is 28.6 Å². The van der Waals surface area contributed by atoms with E-state index in [1.807, 2.05) is 13.8 Å². The molecule has 0 aromatic heterocycles. The Kier molecular flexibility index (Phi) is 2.60. The molecule has 0 spiro atoms. The van der Waals surface area contributed by atoms with Crippen LogP contribution in [-0.2, 0) is 4.79 Å². The molecule has 1 nitrogen and oxygen atoms in total. The molecule has 1 aliphatic carbocycles. The molecule has 0 fully saturated rings. The zero-order chi connectivity index (χ0) is 8.59. The maximum atomic E-state index is 11.1. The molecule has 3 heteroatoms. The van der Waals surface area contributed by atoms with Gasteiger partial charge in [-0.3, -0.25) is 4.79 Å². The van der Waals surface area contributed by atoms with Crippen molar-refractivity contribution in [2.45, 2.75) is 13.8 Å². The van der Waals surface area contributed by atoms with Gasteiger partial charge in [-0.15, -0.1) is 12.6 Å². The maximum absolute atomic E-state index is 11.1. The number of rotatable bonds is 0. The van der Waals surface area contributed by atoms with Crippen molar-refractivity contribution < 1.29 is 4.79 Å². The third kappa shape index (κ3) is 1.59. The lowest BCUT2D eigenvalue weighted by Crippen LogP contribution is -2.10. The highest BCUT2D eigenvalue weighted by Crippen LogP contribution is 2.32. The van der Waals surface area contributed by atoms with Crippen LogP contribution in [-0.4, -0.2) is 5.78 Å². The molecule has 0 aliphatic heterocycles. The normalized spacial score (nSPS) is 25.6. The van der Waals surface area contributed by atoms with Crippen molar-refractivity contribution in [3.05, 3.63) is 21.0 Å². The van der Waals surface area contributed by atoms with Crippen molar-refractivity contribution in [2.75, 3.05) is 0 Å². The fraction of sp³-hybridized carbons (Fsp3) is 0.375. The second-order valence-corrected chi connectivity index (χ2v) is 3.96. The van der Waals surface area contributed by atoms with Crippen LogP contribution in [0.5, 0.6) is 0 Å². The molecule has 0 N–H and O–H groups in total. The van der Waals surface area contributed by atoms with E-state index in [0.717, 1.165) is 10.5 Å². The molecule has 0 saturated heterocycles. The number of carbonyl (C=O) groups excluding carboxylic acids is 1. The molecule has 0 heterocycles. The Labute approximate surface area is 80.1 Å². The quantitative estimate of drug-likeness (QED) is 0.636. The van der Waals surface area contributed by atoms with E-state index in [9.17, 15) is 4.79 Å². The number of carbonyl (C=O) groups is 1. The SMILES string of the molecule is CC1=C(Br)C(=O)C=C(S)C1C. The van der Waals surface area contributed by atoms with Crippen molar-refractivity contribution in [3.63, 3.8) is 0 Å². The van der Waals surface area contributed by atoms with E-state index in [0.29, 0.717) is 4.48 Å². The second-order valence-electron chi connectivity index (χ2n) is 2.65. The Hall–Kier alpha value is -0.0200. The van der Waals surface area contributed by atoms with Crippen LogP contribution in [0.1, 0.15) is 13.8 Å². The summed E-state index contributed by atoms with van der Waals surface area (Å²) in [5.74, 6) is 0.288. The molecule has 0 saturated carbocycles. The number of hydrogen-bond donors (Lipinski definition) is 1. The van der Waals surface area contributed by atoms with Gasteiger partial charge in [0.2, 0.25) is 0 Å². The van der Waals surface area contributed by atoms with Gasteiger partial charge in [0.1, 0.15) is 0 Å². The summed E-state index contributed by atoms with van der Waals surface area (Å²) in [6.45, 7) is 3.97. The molecule has 1 aliphatic rings. The highest BCUT2D eigenvalue weighted by molar-refractivity contribution is 9.12. The minimum atomic E-state index is 0.0191. The highest BCUT2D eigenvalue weighted by Gasteiger charge is 2.20. The fourth-order valence-electron chi connectivity index (χ4n) is 0.929. The third-order valence-corrected chi connectivity index (χ3v) is 3.47. The molecule has 1 atom stereocenters. The largest absolute Gasteiger partial charge is 0.289 e. The highest BCUT2D eigenvalue weighted by atomic mass is 79.9. The lowest BCUT2D eigenvalue weighted by molar-refractivity contribution is -0.110. The van der Waals surface area contributed by atoms with E-state index in [1.54, 1.807) is 6.08 Å². The first-order valence-corrected chi connectivity index (χ1v) is 4.59. The van der Waals surface area contributed by atoms with Crippen LogP contribution < -0.4 is 0 Å². The molecule has 0 aromatic rings. The molecule has 0 amide bonds. The zero-order valence-corrected chi connectivity index (χ0v) is 8.87. The zero-order valence-electron chi connectivity index (χ0n) is 6.39. The van der Waals surface area contributed by atoms with E-state index >= 15 is 0 Å². The number of ketones is 1. The second kappa shape index (κ2) is 3.15. The van der Waals surface area contributed by atoms with Gasteiger partial charge < -0.3 is 0 Å². The molecule has 60 valence electrons. The van der Waals surface area contributed by atoms with Gasteiger partial charge in [-0.2, -0.15) is 0 Å². The molecular weight excluding hydrogens is 224 g/mol. The minimum Gasteiger partial charge on any atom is -0.289 e. The van der Waals surface area contributed by atoms with Gasteiger partial charge in [-0.1, -0.05) is 6.92 Å². The molecule has 11 heavy (non-hydrogen) atoms. The Morgan fingerprint density at radius 2 is 2.18 bits per heavy atom. The Bertz CT molecular complexity index is 265. The number of thiol groups is 1. The summed E-state index contributed by atoms with van der Waals surface area (Å²) in [6.07, 6.45) is 1.56. The minimum absolute atomic E-state index is 0.0191. The smallest absolute Gasteiger partial charge is 0.193 e. The average molecular weight is 233 g/mol. The summed E-state index contributed by atoms with van der Waals surface area (Å²) >= 11 is 7.44. The van der Waals surface area contributed by atoms with E-state index in [4.69, 9.17) is 0 Å².